The predicted octanol–water partition coefficient (Wildman–Crippen LogP) is 2.00. The first-order valence-corrected chi connectivity index (χ1v) is 8.27. The molecular weight excluding hydrogens is 266 g/mol. The first kappa shape index (κ1) is 16.7. The summed E-state index contributed by atoms with van der Waals surface area (Å²) in [5, 5.41) is 15.1. The standard InChI is InChI=1S/C16H31N3O2/c1-15(2)12-18(14(20)16(3,4)19(15)21)11-10-17-13-8-6-5-7-9-13/h13,17,21H,5-12H2,1-4H3. The number of rotatable bonds is 4. The van der Waals surface area contributed by atoms with Gasteiger partial charge in [0.25, 0.3) is 0 Å². The van der Waals surface area contributed by atoms with E-state index in [0.29, 0.717) is 12.6 Å². The van der Waals surface area contributed by atoms with Crippen molar-refractivity contribution >= 4 is 5.91 Å². The zero-order chi connectivity index (χ0) is 15.7. The van der Waals surface area contributed by atoms with Crippen molar-refractivity contribution in [3.05, 3.63) is 0 Å². The van der Waals surface area contributed by atoms with Gasteiger partial charge in [0.2, 0.25) is 5.91 Å². The summed E-state index contributed by atoms with van der Waals surface area (Å²) in [6, 6.07) is 0.619. The van der Waals surface area contributed by atoms with Crippen LogP contribution in [0.5, 0.6) is 0 Å². The molecule has 1 saturated carbocycles. The Labute approximate surface area is 128 Å². The number of hydrogen-bond acceptors (Lipinski definition) is 4. The highest BCUT2D eigenvalue weighted by Crippen LogP contribution is 2.31. The van der Waals surface area contributed by atoms with E-state index in [1.54, 1.807) is 13.8 Å². The lowest BCUT2D eigenvalue weighted by molar-refractivity contribution is -0.246. The lowest BCUT2D eigenvalue weighted by atomic mass is 9.89. The summed E-state index contributed by atoms with van der Waals surface area (Å²) in [4.78, 5) is 14.4. The fraction of sp³-hybridized carbons (Fsp3) is 0.938. The van der Waals surface area contributed by atoms with Crippen LogP contribution in [0.25, 0.3) is 0 Å². The Kier molecular flexibility index (Phi) is 4.96. The Morgan fingerprint density at radius 2 is 1.81 bits per heavy atom. The van der Waals surface area contributed by atoms with E-state index in [4.69, 9.17) is 0 Å². The number of nitrogens with zero attached hydrogens (tertiary/aromatic N) is 2. The summed E-state index contributed by atoms with van der Waals surface area (Å²) >= 11 is 0. The molecule has 1 aliphatic carbocycles. The van der Waals surface area contributed by atoms with Crippen LogP contribution in [-0.2, 0) is 4.79 Å². The van der Waals surface area contributed by atoms with Gasteiger partial charge in [-0.3, -0.25) is 4.79 Å². The molecule has 0 atom stereocenters. The van der Waals surface area contributed by atoms with Crippen molar-refractivity contribution in [2.75, 3.05) is 19.6 Å². The first-order chi connectivity index (χ1) is 9.75. The maximum atomic E-state index is 12.5. The molecule has 21 heavy (non-hydrogen) atoms. The van der Waals surface area contributed by atoms with Crippen molar-refractivity contribution in [3.63, 3.8) is 0 Å². The van der Waals surface area contributed by atoms with Crippen molar-refractivity contribution in [3.8, 4) is 0 Å². The Morgan fingerprint density at radius 3 is 2.43 bits per heavy atom. The highest BCUT2D eigenvalue weighted by molar-refractivity contribution is 5.86. The topological polar surface area (TPSA) is 55.8 Å². The maximum Gasteiger partial charge on any atom is 0.244 e. The fourth-order valence-corrected chi connectivity index (χ4v) is 3.73. The highest BCUT2D eigenvalue weighted by Gasteiger charge is 2.50. The largest absolute Gasteiger partial charge is 0.338 e. The van der Waals surface area contributed by atoms with Gasteiger partial charge in [-0.25, -0.2) is 0 Å². The molecule has 0 bridgehead atoms. The van der Waals surface area contributed by atoms with E-state index >= 15 is 0 Å². The molecule has 0 unspecified atom stereocenters. The summed E-state index contributed by atoms with van der Waals surface area (Å²) < 4.78 is 0. The van der Waals surface area contributed by atoms with Crippen LogP contribution in [0.2, 0.25) is 0 Å². The van der Waals surface area contributed by atoms with Crippen molar-refractivity contribution in [2.45, 2.75) is 76.9 Å². The van der Waals surface area contributed by atoms with Crippen molar-refractivity contribution < 1.29 is 10.0 Å². The third-order valence-corrected chi connectivity index (χ3v) is 4.91. The third kappa shape index (κ3) is 3.58. The predicted molar refractivity (Wildman–Crippen MR) is 83.2 cm³/mol. The highest BCUT2D eigenvalue weighted by atomic mass is 16.5. The van der Waals surface area contributed by atoms with Gasteiger partial charge in [-0.1, -0.05) is 19.3 Å². The summed E-state index contributed by atoms with van der Waals surface area (Å²) in [6.07, 6.45) is 6.52. The molecule has 0 aromatic heterocycles. The quantitative estimate of drug-likeness (QED) is 0.833. The van der Waals surface area contributed by atoms with Crippen LogP contribution < -0.4 is 5.32 Å². The second kappa shape index (κ2) is 6.23. The summed E-state index contributed by atoms with van der Waals surface area (Å²) in [5.74, 6) is 0.00905. The Balaban J connectivity index is 1.88. The molecule has 1 aliphatic heterocycles. The van der Waals surface area contributed by atoms with E-state index in [-0.39, 0.29) is 5.91 Å². The van der Waals surface area contributed by atoms with Crippen molar-refractivity contribution in [1.82, 2.24) is 15.3 Å². The molecule has 5 heteroatoms. The van der Waals surface area contributed by atoms with E-state index in [1.807, 2.05) is 18.7 Å². The molecule has 1 heterocycles. The van der Waals surface area contributed by atoms with Gasteiger partial charge in [0, 0.05) is 25.7 Å². The van der Waals surface area contributed by atoms with Gasteiger partial charge in [-0.2, -0.15) is 5.06 Å². The molecule has 0 radical (unpaired) electrons. The van der Waals surface area contributed by atoms with Crippen LogP contribution in [0.15, 0.2) is 0 Å². The Bertz CT molecular complexity index is 376. The smallest absolute Gasteiger partial charge is 0.244 e. The lowest BCUT2D eigenvalue weighted by Crippen LogP contribution is -2.70. The molecule has 0 spiro atoms. The molecule has 0 aromatic carbocycles. The number of piperazine rings is 1. The maximum absolute atomic E-state index is 12.5. The molecule has 1 saturated heterocycles. The minimum absolute atomic E-state index is 0.00905. The second-order valence-corrected chi connectivity index (χ2v) is 7.70. The van der Waals surface area contributed by atoms with Gasteiger partial charge in [0.05, 0.1) is 5.54 Å². The molecule has 2 rings (SSSR count). The number of nitrogens with one attached hydrogen (secondary N) is 1. The number of carbonyl (C=O) groups excluding carboxylic acids is 1. The summed E-state index contributed by atoms with van der Waals surface area (Å²) in [5.41, 5.74) is -1.27. The Morgan fingerprint density at radius 1 is 1.19 bits per heavy atom. The molecular formula is C16H31N3O2. The van der Waals surface area contributed by atoms with Gasteiger partial charge < -0.3 is 15.4 Å². The number of carbonyl (C=O) groups is 1. The number of amides is 1. The number of hydroxylamine groups is 2. The van der Waals surface area contributed by atoms with Crippen LogP contribution >= 0.6 is 0 Å². The lowest BCUT2D eigenvalue weighted by Gasteiger charge is -2.51. The molecule has 5 nitrogen and oxygen atoms in total. The Hall–Kier alpha value is -0.650. The zero-order valence-corrected chi connectivity index (χ0v) is 14.0. The van der Waals surface area contributed by atoms with Gasteiger partial charge in [0.15, 0.2) is 0 Å². The molecule has 122 valence electrons. The van der Waals surface area contributed by atoms with Gasteiger partial charge in [-0.05, 0) is 40.5 Å². The van der Waals surface area contributed by atoms with Crippen LogP contribution in [0.4, 0.5) is 0 Å². The van der Waals surface area contributed by atoms with Gasteiger partial charge in [0.1, 0.15) is 5.54 Å². The van der Waals surface area contributed by atoms with Gasteiger partial charge >= 0.3 is 0 Å². The molecule has 1 amide bonds. The van der Waals surface area contributed by atoms with E-state index in [9.17, 15) is 10.0 Å². The second-order valence-electron chi connectivity index (χ2n) is 7.70. The van der Waals surface area contributed by atoms with Crippen LogP contribution in [0.1, 0.15) is 59.8 Å². The average molecular weight is 297 g/mol. The van der Waals surface area contributed by atoms with E-state index in [0.717, 1.165) is 13.1 Å². The van der Waals surface area contributed by atoms with Crippen LogP contribution in [-0.4, -0.2) is 57.8 Å². The molecule has 0 aromatic rings. The van der Waals surface area contributed by atoms with Crippen LogP contribution in [0, 0.1) is 0 Å². The average Bonchev–Trinajstić information content (AvgIpc) is 2.44. The first-order valence-electron chi connectivity index (χ1n) is 8.27. The SMILES string of the molecule is CC1(C)CN(CCNC2CCCCC2)C(=O)C(C)(C)N1O. The van der Waals surface area contributed by atoms with Gasteiger partial charge in [-0.15, -0.1) is 0 Å². The minimum Gasteiger partial charge on any atom is -0.338 e. The monoisotopic (exact) mass is 297 g/mol. The van der Waals surface area contributed by atoms with E-state index in [2.05, 4.69) is 5.32 Å². The van der Waals surface area contributed by atoms with Crippen LogP contribution in [0.3, 0.4) is 0 Å². The normalized spacial score (nSPS) is 27.1. The summed E-state index contributed by atoms with van der Waals surface area (Å²) in [7, 11) is 0. The minimum atomic E-state index is -0.855. The number of hydrogen-bond donors (Lipinski definition) is 2. The third-order valence-electron chi connectivity index (χ3n) is 4.91. The molecule has 2 N–H and O–H groups in total. The van der Waals surface area contributed by atoms with E-state index in [1.165, 1.54) is 37.2 Å². The van der Waals surface area contributed by atoms with Crippen molar-refractivity contribution in [2.24, 2.45) is 0 Å². The summed E-state index contributed by atoms with van der Waals surface area (Å²) in [6.45, 7) is 9.66. The van der Waals surface area contributed by atoms with Crippen molar-refractivity contribution in [1.29, 1.82) is 0 Å². The molecule has 2 fully saturated rings. The molecule has 2 aliphatic rings. The fourth-order valence-electron chi connectivity index (χ4n) is 3.73. The van der Waals surface area contributed by atoms with E-state index < -0.39 is 11.1 Å². The zero-order valence-electron chi connectivity index (χ0n) is 14.0.